The second kappa shape index (κ2) is 4.87. The predicted octanol–water partition coefficient (Wildman–Crippen LogP) is -0.338. The number of hydrazine groups is 1. The Balaban J connectivity index is 2.80. The van der Waals surface area contributed by atoms with Gasteiger partial charge < -0.3 is 10.5 Å². The number of carbonyl (C=O) groups is 1. The van der Waals surface area contributed by atoms with Gasteiger partial charge in [-0.15, -0.1) is 0 Å². The van der Waals surface area contributed by atoms with E-state index < -0.39 is 5.41 Å². The molecule has 0 aliphatic carbocycles. The lowest BCUT2D eigenvalue weighted by Gasteiger charge is -2.35. The number of thiocarbonyl (C=S) groups is 1. The minimum Gasteiger partial charge on any atom is -0.392 e. The number of ether oxygens (including phenoxy) is 1. The van der Waals surface area contributed by atoms with Crippen molar-refractivity contribution in [2.45, 2.75) is 12.8 Å². The highest BCUT2D eigenvalue weighted by molar-refractivity contribution is 7.80. The first-order chi connectivity index (χ1) is 6.99. The highest BCUT2D eigenvalue weighted by atomic mass is 32.1. The lowest BCUT2D eigenvalue weighted by molar-refractivity contribution is -0.135. The molecule has 0 bridgehead atoms. The maximum atomic E-state index is 12.0. The first kappa shape index (κ1) is 12.4. The van der Waals surface area contributed by atoms with Crippen LogP contribution < -0.4 is 11.2 Å². The van der Waals surface area contributed by atoms with Gasteiger partial charge in [-0.1, -0.05) is 12.2 Å². The molecule has 0 aromatic heterocycles. The number of hydrogen-bond donors (Lipinski definition) is 2. The van der Waals surface area contributed by atoms with Gasteiger partial charge in [0.15, 0.2) is 0 Å². The van der Waals surface area contributed by atoms with Gasteiger partial charge in [0.2, 0.25) is 5.91 Å². The molecule has 1 rings (SSSR count). The van der Waals surface area contributed by atoms with Crippen molar-refractivity contribution in [1.29, 1.82) is 0 Å². The number of nitrogens with zero attached hydrogens (tertiary/aromatic N) is 1. The molecule has 1 heterocycles. The summed E-state index contributed by atoms with van der Waals surface area (Å²) in [4.78, 5) is 12.3. The van der Waals surface area contributed by atoms with Crippen LogP contribution in [0.2, 0.25) is 0 Å². The van der Waals surface area contributed by atoms with E-state index in [0.717, 1.165) is 0 Å². The summed E-state index contributed by atoms with van der Waals surface area (Å²) in [5.41, 5.74) is 7.64. The summed E-state index contributed by atoms with van der Waals surface area (Å²) >= 11 is 5.00. The molecule has 0 aromatic rings. The van der Waals surface area contributed by atoms with E-state index in [9.17, 15) is 4.79 Å². The van der Waals surface area contributed by atoms with Crippen molar-refractivity contribution in [2.75, 3.05) is 27.3 Å². The lowest BCUT2D eigenvalue weighted by atomic mass is 9.79. The molecule has 0 saturated carbocycles. The van der Waals surface area contributed by atoms with Crippen molar-refractivity contribution in [3.63, 3.8) is 0 Å². The third-order valence-corrected chi connectivity index (χ3v) is 2.97. The molecule has 86 valence electrons. The van der Waals surface area contributed by atoms with Crippen LogP contribution in [0.1, 0.15) is 12.8 Å². The van der Waals surface area contributed by atoms with Crippen molar-refractivity contribution in [2.24, 2.45) is 11.1 Å². The normalized spacial score (nSPS) is 19.9. The van der Waals surface area contributed by atoms with Crippen LogP contribution in [0, 0.1) is 5.41 Å². The first-order valence-corrected chi connectivity index (χ1v) is 5.26. The van der Waals surface area contributed by atoms with Crippen LogP contribution >= 0.6 is 12.2 Å². The van der Waals surface area contributed by atoms with Gasteiger partial charge in [0.05, 0.1) is 4.99 Å². The van der Waals surface area contributed by atoms with Crippen LogP contribution in [0.3, 0.4) is 0 Å². The topological polar surface area (TPSA) is 67.6 Å². The summed E-state index contributed by atoms with van der Waals surface area (Å²) in [7, 11) is 3.51. The van der Waals surface area contributed by atoms with E-state index in [1.807, 2.05) is 0 Å². The molecule has 15 heavy (non-hydrogen) atoms. The smallest absolute Gasteiger partial charge is 0.247 e. The van der Waals surface area contributed by atoms with Gasteiger partial charge in [-0.25, -0.2) is 5.01 Å². The Kier molecular flexibility index (Phi) is 4.01. The summed E-state index contributed by atoms with van der Waals surface area (Å²) in [5.74, 6) is -0.136. The van der Waals surface area contributed by atoms with E-state index in [2.05, 4.69) is 5.43 Å². The Morgan fingerprint density at radius 2 is 2.00 bits per heavy atom. The Morgan fingerprint density at radius 3 is 2.40 bits per heavy atom. The fourth-order valence-electron chi connectivity index (χ4n) is 1.62. The minimum atomic E-state index is -0.738. The van der Waals surface area contributed by atoms with Crippen LogP contribution in [0.4, 0.5) is 0 Å². The number of rotatable bonds is 3. The van der Waals surface area contributed by atoms with Crippen LogP contribution in [0.5, 0.6) is 0 Å². The quantitative estimate of drug-likeness (QED) is 0.514. The standard InChI is InChI=1S/C9H17N3O2S/c1-12(2)11-8(13)9(7(10)15)3-5-14-6-4-9/h3-6H2,1-2H3,(H2,10,15)(H,11,13). The van der Waals surface area contributed by atoms with E-state index >= 15 is 0 Å². The number of nitrogens with two attached hydrogens (primary N) is 1. The van der Waals surface area contributed by atoms with E-state index in [-0.39, 0.29) is 10.9 Å². The highest BCUT2D eigenvalue weighted by Gasteiger charge is 2.43. The maximum Gasteiger partial charge on any atom is 0.247 e. The summed E-state index contributed by atoms with van der Waals surface area (Å²) in [6, 6.07) is 0. The van der Waals surface area contributed by atoms with Gasteiger partial charge in [0.25, 0.3) is 0 Å². The van der Waals surface area contributed by atoms with Crippen molar-refractivity contribution in [3.05, 3.63) is 0 Å². The van der Waals surface area contributed by atoms with Gasteiger partial charge in [-0.2, -0.15) is 0 Å². The largest absolute Gasteiger partial charge is 0.392 e. The van der Waals surface area contributed by atoms with Crippen molar-refractivity contribution < 1.29 is 9.53 Å². The highest BCUT2D eigenvalue weighted by Crippen LogP contribution is 2.31. The second-order valence-corrected chi connectivity index (χ2v) is 4.33. The van der Waals surface area contributed by atoms with E-state index in [1.165, 1.54) is 0 Å². The molecule has 1 saturated heterocycles. The van der Waals surface area contributed by atoms with Gasteiger partial charge >= 0.3 is 0 Å². The summed E-state index contributed by atoms with van der Waals surface area (Å²) in [5, 5.41) is 1.60. The Labute approximate surface area is 94.9 Å². The van der Waals surface area contributed by atoms with Crippen molar-refractivity contribution in [1.82, 2.24) is 10.4 Å². The third kappa shape index (κ3) is 2.64. The van der Waals surface area contributed by atoms with E-state index in [4.69, 9.17) is 22.7 Å². The second-order valence-electron chi connectivity index (χ2n) is 3.89. The van der Waals surface area contributed by atoms with E-state index in [0.29, 0.717) is 26.1 Å². The van der Waals surface area contributed by atoms with Crippen LogP contribution in [0.15, 0.2) is 0 Å². The van der Waals surface area contributed by atoms with Gasteiger partial charge in [0.1, 0.15) is 5.41 Å². The third-order valence-electron chi connectivity index (χ3n) is 2.58. The molecular weight excluding hydrogens is 214 g/mol. The number of nitrogens with one attached hydrogen (secondary N) is 1. The molecule has 0 spiro atoms. The van der Waals surface area contributed by atoms with Crippen molar-refractivity contribution >= 4 is 23.1 Å². The number of amides is 1. The van der Waals surface area contributed by atoms with Gasteiger partial charge in [0, 0.05) is 27.3 Å². The Hall–Kier alpha value is -0.720. The molecule has 0 radical (unpaired) electrons. The van der Waals surface area contributed by atoms with Gasteiger partial charge in [-0.3, -0.25) is 10.2 Å². The molecule has 0 unspecified atom stereocenters. The monoisotopic (exact) mass is 231 g/mol. The predicted molar refractivity (Wildman–Crippen MR) is 61.1 cm³/mol. The molecule has 1 amide bonds. The zero-order valence-corrected chi connectivity index (χ0v) is 9.89. The van der Waals surface area contributed by atoms with Crippen LogP contribution in [-0.4, -0.2) is 43.2 Å². The average molecular weight is 231 g/mol. The maximum absolute atomic E-state index is 12.0. The molecule has 3 N–H and O–H groups in total. The van der Waals surface area contributed by atoms with Gasteiger partial charge in [-0.05, 0) is 12.8 Å². The summed E-state index contributed by atoms with van der Waals surface area (Å²) < 4.78 is 5.22. The minimum absolute atomic E-state index is 0.136. The molecule has 1 aliphatic rings. The molecule has 0 atom stereocenters. The molecule has 6 heteroatoms. The molecule has 5 nitrogen and oxygen atoms in total. The molecule has 1 fully saturated rings. The SMILES string of the molecule is CN(C)NC(=O)C1(C(N)=S)CCOCC1. The Bertz CT molecular complexity index is 262. The fourth-order valence-corrected chi connectivity index (χ4v) is 1.91. The lowest BCUT2D eigenvalue weighted by Crippen LogP contribution is -2.54. The van der Waals surface area contributed by atoms with Crippen LogP contribution in [0.25, 0.3) is 0 Å². The molecule has 1 aliphatic heterocycles. The van der Waals surface area contributed by atoms with Crippen molar-refractivity contribution in [3.8, 4) is 0 Å². The summed E-state index contributed by atoms with van der Waals surface area (Å²) in [6.07, 6.45) is 1.12. The summed E-state index contributed by atoms with van der Waals surface area (Å²) in [6.45, 7) is 1.05. The van der Waals surface area contributed by atoms with E-state index in [1.54, 1.807) is 19.1 Å². The molecular formula is C9H17N3O2S. The number of carbonyl (C=O) groups excluding carboxylic acids is 1. The molecule has 0 aromatic carbocycles. The first-order valence-electron chi connectivity index (χ1n) is 4.85. The van der Waals surface area contributed by atoms with Crippen LogP contribution in [-0.2, 0) is 9.53 Å². The fraction of sp³-hybridized carbons (Fsp3) is 0.778. The average Bonchev–Trinajstić information content (AvgIpc) is 2.17. The Morgan fingerprint density at radius 1 is 1.47 bits per heavy atom. The zero-order valence-electron chi connectivity index (χ0n) is 9.08. The number of hydrogen-bond acceptors (Lipinski definition) is 4. The zero-order chi connectivity index (χ0) is 11.5.